The van der Waals surface area contributed by atoms with Crippen LogP contribution < -0.4 is 15.0 Å². The van der Waals surface area contributed by atoms with E-state index in [4.69, 9.17) is 16.3 Å². The molecule has 0 aliphatic carbocycles. The highest BCUT2D eigenvalue weighted by Crippen LogP contribution is 2.26. The molecule has 1 N–H and O–H groups in total. The number of halogens is 1. The molecule has 0 saturated heterocycles. The van der Waals surface area contributed by atoms with Crippen LogP contribution in [0.3, 0.4) is 0 Å². The lowest BCUT2D eigenvalue weighted by molar-refractivity contribution is -0.385. The number of amides is 2. The van der Waals surface area contributed by atoms with E-state index in [0.29, 0.717) is 17.2 Å². The van der Waals surface area contributed by atoms with Gasteiger partial charge in [0.05, 0.1) is 16.5 Å². The van der Waals surface area contributed by atoms with Crippen LogP contribution in [0.5, 0.6) is 11.5 Å². The van der Waals surface area contributed by atoms with Gasteiger partial charge in [0, 0.05) is 18.8 Å². The fourth-order valence-corrected chi connectivity index (χ4v) is 3.01. The summed E-state index contributed by atoms with van der Waals surface area (Å²) in [5.41, 5.74) is -0.129. The third-order valence-corrected chi connectivity index (χ3v) is 4.71. The Morgan fingerprint density at radius 3 is 2.29 bits per heavy atom. The minimum atomic E-state index is -0.800. The summed E-state index contributed by atoms with van der Waals surface area (Å²) in [6.45, 7) is -0.361. The summed E-state index contributed by atoms with van der Waals surface area (Å²) in [5.74, 6) is 0.0802. The number of carbonyl (C=O) groups excluding carboxylic acids is 2. The van der Waals surface area contributed by atoms with E-state index in [-0.39, 0.29) is 17.1 Å². The number of rotatable bonds is 7. The molecule has 0 fully saturated rings. The average molecular weight is 440 g/mol. The van der Waals surface area contributed by atoms with E-state index in [9.17, 15) is 19.7 Å². The molecule has 0 aliphatic rings. The normalized spacial score (nSPS) is 10.3. The second-order valence-electron chi connectivity index (χ2n) is 6.44. The quantitative estimate of drug-likeness (QED) is 0.433. The minimum absolute atomic E-state index is 0.0680. The predicted octanol–water partition coefficient (Wildman–Crippen LogP) is 4.43. The zero-order valence-corrected chi connectivity index (χ0v) is 17.2. The summed E-state index contributed by atoms with van der Waals surface area (Å²) < 4.78 is 5.72. The molecular formula is C22H18ClN3O5. The summed E-state index contributed by atoms with van der Waals surface area (Å²) in [5, 5.41) is 13.5. The topological polar surface area (TPSA) is 102 Å². The number of para-hydroxylation sites is 1. The molecule has 3 rings (SSSR count). The van der Waals surface area contributed by atoms with E-state index >= 15 is 0 Å². The van der Waals surface area contributed by atoms with Crippen molar-refractivity contribution in [1.82, 2.24) is 5.32 Å². The predicted molar refractivity (Wildman–Crippen MR) is 117 cm³/mol. The maximum atomic E-state index is 12.5. The van der Waals surface area contributed by atoms with Gasteiger partial charge in [-0.05, 0) is 42.5 Å². The fourth-order valence-electron chi connectivity index (χ4n) is 2.76. The molecule has 0 spiro atoms. The highest BCUT2D eigenvalue weighted by Gasteiger charge is 2.24. The van der Waals surface area contributed by atoms with Crippen LogP contribution in [0.15, 0.2) is 72.8 Å². The van der Waals surface area contributed by atoms with Gasteiger partial charge >= 0.3 is 0 Å². The van der Waals surface area contributed by atoms with Crippen molar-refractivity contribution >= 4 is 34.8 Å². The van der Waals surface area contributed by atoms with Gasteiger partial charge < -0.3 is 15.0 Å². The minimum Gasteiger partial charge on any atom is -0.457 e. The molecule has 3 aromatic rings. The third-order valence-electron chi connectivity index (χ3n) is 4.39. The lowest BCUT2D eigenvalue weighted by Gasteiger charge is -2.18. The zero-order valence-electron chi connectivity index (χ0n) is 16.4. The maximum Gasteiger partial charge on any atom is 0.283 e. The Hall–Kier alpha value is -3.91. The Kier molecular flexibility index (Phi) is 6.84. The lowest BCUT2D eigenvalue weighted by atomic mass is 10.1. The van der Waals surface area contributed by atoms with Gasteiger partial charge in [-0.15, -0.1) is 0 Å². The monoisotopic (exact) mass is 439 g/mol. The molecule has 158 valence electrons. The number of hydrogen-bond donors (Lipinski definition) is 1. The van der Waals surface area contributed by atoms with E-state index in [1.165, 1.54) is 23.1 Å². The van der Waals surface area contributed by atoms with Crippen molar-refractivity contribution < 1.29 is 19.2 Å². The first-order valence-electron chi connectivity index (χ1n) is 9.17. The van der Waals surface area contributed by atoms with Gasteiger partial charge in [-0.25, -0.2) is 0 Å². The number of hydrogen-bond acceptors (Lipinski definition) is 5. The molecule has 3 aromatic carbocycles. The molecular weight excluding hydrogens is 422 g/mol. The number of carbonyl (C=O) groups is 2. The smallest absolute Gasteiger partial charge is 0.283 e. The second-order valence-corrected chi connectivity index (χ2v) is 6.84. The van der Waals surface area contributed by atoms with E-state index in [1.807, 2.05) is 30.3 Å². The molecule has 0 heterocycles. The van der Waals surface area contributed by atoms with Crippen LogP contribution in [-0.4, -0.2) is 30.3 Å². The Morgan fingerprint density at radius 2 is 1.65 bits per heavy atom. The summed E-state index contributed by atoms with van der Waals surface area (Å²) >= 11 is 5.94. The Labute approximate surface area is 183 Å². The first kappa shape index (κ1) is 21.8. The van der Waals surface area contributed by atoms with Crippen LogP contribution >= 0.6 is 11.6 Å². The maximum absolute atomic E-state index is 12.5. The average Bonchev–Trinajstić information content (AvgIpc) is 2.77. The Morgan fingerprint density at radius 1 is 1.00 bits per heavy atom. The molecule has 0 bridgehead atoms. The molecule has 8 nitrogen and oxygen atoms in total. The zero-order chi connectivity index (χ0) is 22.4. The number of likely N-dealkylation sites (N-methyl/N-ethyl adjacent to an activating group) is 1. The van der Waals surface area contributed by atoms with Crippen molar-refractivity contribution in [2.75, 3.05) is 18.5 Å². The van der Waals surface area contributed by atoms with E-state index < -0.39 is 22.4 Å². The first-order chi connectivity index (χ1) is 14.9. The molecule has 9 heteroatoms. The highest BCUT2D eigenvalue weighted by molar-refractivity contribution is 6.34. The van der Waals surface area contributed by atoms with Crippen molar-refractivity contribution in [3.05, 3.63) is 93.5 Å². The Balaban J connectivity index is 1.62. The van der Waals surface area contributed by atoms with Crippen LogP contribution in [0.1, 0.15) is 10.4 Å². The van der Waals surface area contributed by atoms with Crippen molar-refractivity contribution in [3.63, 3.8) is 0 Å². The fraction of sp³-hybridized carbons (Fsp3) is 0.0909. The van der Waals surface area contributed by atoms with Gasteiger partial charge in [-0.3, -0.25) is 19.7 Å². The number of nitrogens with zero attached hydrogens (tertiary/aromatic N) is 2. The molecule has 0 aromatic heterocycles. The van der Waals surface area contributed by atoms with Gasteiger partial charge in [-0.2, -0.15) is 0 Å². The summed E-state index contributed by atoms with van der Waals surface area (Å²) in [6, 6.07) is 20.0. The van der Waals surface area contributed by atoms with Crippen LogP contribution in [0.4, 0.5) is 11.4 Å². The van der Waals surface area contributed by atoms with Crippen molar-refractivity contribution in [2.45, 2.75) is 0 Å². The second kappa shape index (κ2) is 9.73. The van der Waals surface area contributed by atoms with Crippen LogP contribution in [0.25, 0.3) is 0 Å². The molecule has 0 aliphatic heterocycles. The molecule has 0 saturated carbocycles. The van der Waals surface area contributed by atoms with Crippen LogP contribution in [0, 0.1) is 10.1 Å². The first-order valence-corrected chi connectivity index (χ1v) is 9.55. The van der Waals surface area contributed by atoms with Crippen LogP contribution in [0.2, 0.25) is 5.02 Å². The molecule has 2 amide bonds. The van der Waals surface area contributed by atoms with Gasteiger partial charge in [0.15, 0.2) is 0 Å². The molecule has 31 heavy (non-hydrogen) atoms. The van der Waals surface area contributed by atoms with Gasteiger partial charge in [-0.1, -0.05) is 35.9 Å². The lowest BCUT2D eigenvalue weighted by Crippen LogP contribution is -2.38. The molecule has 0 atom stereocenters. The van der Waals surface area contributed by atoms with Gasteiger partial charge in [0.25, 0.3) is 11.6 Å². The number of nitrogens with one attached hydrogen (secondary N) is 1. The summed E-state index contributed by atoms with van der Waals surface area (Å²) in [7, 11) is 1.56. The SMILES string of the molecule is CN(C(=O)CNC(=O)c1c(Cl)cccc1[N+](=O)[O-])c1ccc(Oc2ccccc2)cc1. The molecule has 0 radical (unpaired) electrons. The van der Waals surface area contributed by atoms with Crippen molar-refractivity contribution in [3.8, 4) is 11.5 Å². The molecule has 0 unspecified atom stereocenters. The largest absolute Gasteiger partial charge is 0.457 e. The number of benzene rings is 3. The number of nitro benzene ring substituents is 1. The number of anilines is 1. The number of nitro groups is 1. The van der Waals surface area contributed by atoms with E-state index in [1.54, 1.807) is 31.3 Å². The van der Waals surface area contributed by atoms with Crippen molar-refractivity contribution in [1.29, 1.82) is 0 Å². The van der Waals surface area contributed by atoms with E-state index in [2.05, 4.69) is 5.32 Å². The summed E-state index contributed by atoms with van der Waals surface area (Å²) in [4.78, 5) is 36.6. The highest BCUT2D eigenvalue weighted by atomic mass is 35.5. The van der Waals surface area contributed by atoms with E-state index in [0.717, 1.165) is 0 Å². The summed E-state index contributed by atoms with van der Waals surface area (Å²) in [6.07, 6.45) is 0. The van der Waals surface area contributed by atoms with Gasteiger partial charge in [0.1, 0.15) is 17.1 Å². The van der Waals surface area contributed by atoms with Crippen molar-refractivity contribution in [2.24, 2.45) is 0 Å². The van der Waals surface area contributed by atoms with Gasteiger partial charge in [0.2, 0.25) is 5.91 Å². The third kappa shape index (κ3) is 5.37. The number of ether oxygens (including phenoxy) is 1. The standard InChI is InChI=1S/C22H18ClN3O5/c1-25(15-10-12-17(13-11-15)31-16-6-3-2-4-7-16)20(27)14-24-22(28)21-18(23)8-5-9-19(21)26(29)30/h2-13H,14H2,1H3,(H,24,28). The van der Waals surface area contributed by atoms with Crippen LogP contribution in [-0.2, 0) is 4.79 Å². The Bertz CT molecular complexity index is 1100.